The van der Waals surface area contributed by atoms with Crippen molar-refractivity contribution in [2.75, 3.05) is 63.7 Å². The number of alkyl halides is 1. The Bertz CT molecular complexity index is 4410. The molecule has 0 aromatic carbocycles. The topological polar surface area (TPSA) is 292 Å². The number of nitrogens with one attached hydrogen (secondary N) is 2. The number of carbonyl (C=O) groups is 2. The smallest absolute Gasteiger partial charge is 0.399 e. The van der Waals surface area contributed by atoms with Gasteiger partial charge in [-0.15, -0.1) is 20.4 Å². The van der Waals surface area contributed by atoms with Crippen LogP contribution in [0, 0.1) is 11.8 Å². The largest absolute Gasteiger partial charge is 0.498 e. The monoisotopic (exact) mass is 1490 g/mol. The minimum Gasteiger partial charge on any atom is -0.399 e. The fraction of sp³-hybridized carbons (Fsp3) is 0.444. The van der Waals surface area contributed by atoms with Gasteiger partial charge in [-0.25, -0.2) is 19.0 Å². The number of pyridine rings is 2. The summed E-state index contributed by atoms with van der Waals surface area (Å²) >= 11 is 9.45. The first-order valence-electron chi connectivity index (χ1n) is 31.6. The Morgan fingerprint density at radius 3 is 1.55 bits per heavy atom. The van der Waals surface area contributed by atoms with Gasteiger partial charge in [-0.1, -0.05) is 22.0 Å². The predicted molar refractivity (Wildman–Crippen MR) is 377 cm³/mol. The molecular weight excluding hydrogens is 1410 g/mol. The summed E-state index contributed by atoms with van der Waals surface area (Å²) in [5.41, 5.74) is 5.71. The number of hydrogen-bond donors (Lipinski definition) is 2. The van der Waals surface area contributed by atoms with Crippen LogP contribution in [0.5, 0.6) is 0 Å². The Hall–Kier alpha value is -7.24. The van der Waals surface area contributed by atoms with E-state index in [-0.39, 0.29) is 60.3 Å². The van der Waals surface area contributed by atoms with Crippen LogP contribution in [0.25, 0.3) is 33.7 Å². The lowest BCUT2D eigenvalue weighted by Crippen LogP contribution is -2.41. The van der Waals surface area contributed by atoms with Crippen LogP contribution in [0.15, 0.2) is 139 Å². The SMILES string of the molecule is CC1(C)OB(C2=CCN=C2)OC1(C)C.COCCBr.COCCn1cc(-c2ccc3nnc(Sc4ccc5nc(NC(=O)C6CC6)cn5n4)n3c2)cn1.COCCn1cc(B2OC(C)(C)C(C)(C)O2)cn1.O=C(Nc1cn2nc(Sc3nnc4ccc(Br)cn34)ccc2n1)C1CC1. The zero-order valence-corrected chi connectivity index (χ0v) is 60.6. The maximum atomic E-state index is 12.0. The maximum absolute atomic E-state index is 12.0. The van der Waals surface area contributed by atoms with Crippen molar-refractivity contribution in [2.24, 2.45) is 16.8 Å². The second kappa shape index (κ2) is 30.9. The van der Waals surface area contributed by atoms with E-state index in [4.69, 9.17) is 28.1 Å². The zero-order chi connectivity index (χ0) is 68.7. The summed E-state index contributed by atoms with van der Waals surface area (Å²) in [5.74, 6) is 1.34. The standard InChI is InChI=1S/C22H21N9O2S.C16H12BrN7OS.C12H21BN2O3.C10H16BNO2.C3H7BrO/c1-33-9-8-29-11-16(10-23-29)15-4-5-19-26-27-22(30(19)12-15)34-20-7-6-18-24-17(13-31(18)28-20)25-21(32)14-2-3-14;17-10-3-4-13-20-21-16(23(13)7-10)26-14-6-5-12-18-11(8-24(12)22-14)19-15(25)9-1-2-9;1-11(2)12(3,4)18-13(17-11)10-8-14-15(9-10)6-7-16-5;1-9(2)10(3,4)14-11(13-9)8-5-6-12-7-8;1-5-3-2-4/h4-7,10-14H,2-3,8-9H2,1H3,(H,25,32);3-9H,1-2H2,(H,19,25);8-9H,6-7H2,1-5H3;5,7H,6H2,1-4H3;2-3H2,1H3. The maximum Gasteiger partial charge on any atom is 0.498 e. The number of rotatable bonds is 19. The molecule has 0 radical (unpaired) electrons. The van der Waals surface area contributed by atoms with Crippen molar-refractivity contribution in [1.82, 2.24) is 78.0 Å². The van der Waals surface area contributed by atoms with E-state index in [0.29, 0.717) is 47.8 Å². The van der Waals surface area contributed by atoms with Crippen LogP contribution in [0.3, 0.4) is 0 Å². The lowest BCUT2D eigenvalue weighted by atomic mass is 9.79. The van der Waals surface area contributed by atoms with E-state index in [1.165, 1.54) is 23.5 Å². The van der Waals surface area contributed by atoms with Crippen molar-refractivity contribution < 1.29 is 42.4 Å². The van der Waals surface area contributed by atoms with Crippen molar-refractivity contribution in [2.45, 2.75) is 137 Å². The molecule has 0 bridgehead atoms. The van der Waals surface area contributed by atoms with Crippen molar-refractivity contribution in [3.63, 3.8) is 0 Å². The van der Waals surface area contributed by atoms with Crippen molar-refractivity contribution in [1.29, 1.82) is 0 Å². The van der Waals surface area contributed by atoms with E-state index in [1.807, 2.05) is 138 Å². The van der Waals surface area contributed by atoms with E-state index in [0.717, 1.165) is 104 Å². The van der Waals surface area contributed by atoms with Gasteiger partial charge in [0.1, 0.15) is 10.1 Å². The number of halogens is 2. The minimum absolute atomic E-state index is 0.0213. The number of anilines is 2. The fourth-order valence-electron chi connectivity index (χ4n) is 9.51. The Morgan fingerprint density at radius 2 is 1.06 bits per heavy atom. The quantitative estimate of drug-likeness (QED) is 0.0563. The third-order valence-corrected chi connectivity index (χ3v) is 19.3. The highest BCUT2D eigenvalue weighted by Gasteiger charge is 2.53. The average molecular weight is 1490 g/mol. The van der Waals surface area contributed by atoms with E-state index in [1.54, 1.807) is 49.0 Å². The molecule has 3 aliphatic heterocycles. The van der Waals surface area contributed by atoms with Crippen LogP contribution < -0.4 is 16.1 Å². The summed E-state index contributed by atoms with van der Waals surface area (Å²) in [6.45, 7) is 20.6. The van der Waals surface area contributed by atoms with Gasteiger partial charge in [0.2, 0.25) is 22.1 Å². The van der Waals surface area contributed by atoms with Crippen molar-refractivity contribution in [3.05, 3.63) is 114 Å². The van der Waals surface area contributed by atoms with Gasteiger partial charge < -0.3 is 43.5 Å². The first kappa shape index (κ1) is 71.1. The molecule has 28 nitrogen and oxygen atoms in total. The van der Waals surface area contributed by atoms with Crippen molar-refractivity contribution >= 4 is 127 Å². The molecule has 5 aliphatic rings. The van der Waals surface area contributed by atoms with E-state index < -0.39 is 0 Å². The third-order valence-electron chi connectivity index (χ3n) is 16.8. The van der Waals surface area contributed by atoms with Gasteiger partial charge in [-0.05, 0) is 175 Å². The summed E-state index contributed by atoms with van der Waals surface area (Å²) in [6, 6.07) is 15.2. The third kappa shape index (κ3) is 17.8. The summed E-state index contributed by atoms with van der Waals surface area (Å²) in [6.07, 6.45) is 22.6. The van der Waals surface area contributed by atoms with Crippen LogP contribution in [-0.2, 0) is 55.5 Å². The zero-order valence-electron chi connectivity index (χ0n) is 55.8. The van der Waals surface area contributed by atoms with Crippen LogP contribution in [0.2, 0.25) is 0 Å². The minimum atomic E-state index is -0.341. The number of allylic oxidation sites excluding steroid dienone is 1. The first-order chi connectivity index (χ1) is 46.5. The van der Waals surface area contributed by atoms with Gasteiger partial charge in [0.05, 0.1) is 80.4 Å². The molecule has 510 valence electrons. The van der Waals surface area contributed by atoms with Crippen molar-refractivity contribution in [3.8, 4) is 11.1 Å². The first-order valence-corrected chi connectivity index (χ1v) is 35.1. The van der Waals surface area contributed by atoms with Crippen LogP contribution >= 0.6 is 55.4 Å². The molecule has 2 saturated heterocycles. The number of hydrogen-bond acceptors (Lipinski definition) is 22. The van der Waals surface area contributed by atoms with Crippen LogP contribution in [0.1, 0.15) is 81.1 Å². The van der Waals surface area contributed by atoms with Gasteiger partial charge in [-0.3, -0.25) is 32.7 Å². The number of aliphatic imine (C=N–C) groups is 1. The number of amides is 2. The van der Waals surface area contributed by atoms with Crippen LogP contribution in [0.4, 0.5) is 11.6 Å². The molecule has 0 unspecified atom stereocenters. The highest BCUT2D eigenvalue weighted by atomic mass is 79.9. The molecule has 2 amide bonds. The molecular formula is C63H77B2Br2N19O9S2. The molecule has 10 aromatic heterocycles. The lowest BCUT2D eigenvalue weighted by molar-refractivity contribution is -0.118. The molecule has 10 aromatic rings. The Morgan fingerprint density at radius 1 is 0.577 bits per heavy atom. The highest BCUT2D eigenvalue weighted by molar-refractivity contribution is 9.10. The molecule has 0 spiro atoms. The molecule has 15 rings (SSSR count). The number of nitrogens with zero attached hydrogens (tertiary/aromatic N) is 17. The Labute approximate surface area is 586 Å². The number of methoxy groups -OCH3 is 3. The number of fused-ring (bicyclic) bond motifs is 4. The molecule has 4 fully saturated rings. The molecule has 97 heavy (non-hydrogen) atoms. The lowest BCUT2D eigenvalue weighted by Gasteiger charge is -2.32. The summed E-state index contributed by atoms with van der Waals surface area (Å²) < 4.78 is 50.2. The normalized spacial score (nSPS) is 17.1. The van der Waals surface area contributed by atoms with Crippen LogP contribution in [-0.4, -0.2) is 186 Å². The van der Waals surface area contributed by atoms with Gasteiger partial charge in [0.25, 0.3) is 0 Å². The molecule has 34 heteroatoms. The summed E-state index contributed by atoms with van der Waals surface area (Å²) in [7, 11) is 4.45. The molecule has 0 atom stereocenters. The predicted octanol–water partition coefficient (Wildman–Crippen LogP) is 9.30. The van der Waals surface area contributed by atoms with Gasteiger partial charge in [-0.2, -0.15) is 20.4 Å². The number of ether oxygens (including phenoxy) is 3. The highest BCUT2D eigenvalue weighted by Crippen LogP contribution is 2.40. The summed E-state index contributed by atoms with van der Waals surface area (Å²) in [4.78, 5) is 36.8. The van der Waals surface area contributed by atoms with Gasteiger partial charge in [0, 0.05) is 96.8 Å². The van der Waals surface area contributed by atoms with E-state index in [2.05, 4.69) is 131 Å². The summed E-state index contributed by atoms with van der Waals surface area (Å²) in [5, 5.41) is 44.3. The Balaban J connectivity index is 0.000000134. The van der Waals surface area contributed by atoms with E-state index >= 15 is 0 Å². The van der Waals surface area contributed by atoms with E-state index in [9.17, 15) is 9.59 Å². The Kier molecular flexibility index (Phi) is 22.6. The molecule has 2 aliphatic carbocycles. The molecule has 13 heterocycles. The second-order valence-electron chi connectivity index (χ2n) is 25.2. The number of aromatic nitrogens is 16. The number of imidazole rings is 2. The average Bonchev–Trinajstić information content (AvgIpc) is 1.64. The molecule has 2 N–H and O–H groups in total. The second-order valence-corrected chi connectivity index (χ2v) is 28.9. The van der Waals surface area contributed by atoms with Gasteiger partial charge in [0.15, 0.2) is 34.2 Å². The molecule has 2 saturated carbocycles. The fourth-order valence-corrected chi connectivity index (χ4v) is 11.7. The number of carbonyl (C=O) groups excluding carboxylic acids is 2. The van der Waals surface area contributed by atoms with Gasteiger partial charge >= 0.3 is 14.2 Å².